The zero-order valence-electron chi connectivity index (χ0n) is 12.4. The maximum atomic E-state index is 11.4. The first-order valence-electron chi connectivity index (χ1n) is 6.98. The number of benzene rings is 1. The van der Waals surface area contributed by atoms with E-state index >= 15 is 0 Å². The topological polar surface area (TPSA) is 74.6 Å². The molecule has 0 amide bonds. The number of aromatic carboxylic acids is 2. The van der Waals surface area contributed by atoms with Gasteiger partial charge in [0.15, 0.2) is 0 Å². The predicted octanol–water partition coefficient (Wildman–Crippen LogP) is 4.11. The number of carboxylic acid groups (broad SMARTS) is 2. The van der Waals surface area contributed by atoms with Gasteiger partial charge in [-0.3, -0.25) is 0 Å². The molecular weight excluding hydrogens is 256 g/mol. The molecule has 0 aliphatic rings. The normalized spacial score (nSPS) is 13.8. The van der Waals surface area contributed by atoms with E-state index in [4.69, 9.17) is 0 Å². The number of carboxylic acids is 2. The molecule has 0 fully saturated rings. The van der Waals surface area contributed by atoms with E-state index in [0.29, 0.717) is 11.1 Å². The van der Waals surface area contributed by atoms with Gasteiger partial charge in [0.2, 0.25) is 0 Å². The molecule has 1 rings (SSSR count). The Morgan fingerprint density at radius 2 is 1.20 bits per heavy atom. The number of rotatable bonds is 6. The zero-order chi connectivity index (χ0) is 15.4. The van der Waals surface area contributed by atoms with E-state index in [-0.39, 0.29) is 23.0 Å². The molecule has 4 heteroatoms. The Kier molecular flexibility index (Phi) is 5.31. The average Bonchev–Trinajstić information content (AvgIpc) is 2.43. The van der Waals surface area contributed by atoms with E-state index in [1.54, 1.807) is 0 Å². The molecule has 2 atom stereocenters. The average molecular weight is 278 g/mol. The van der Waals surface area contributed by atoms with Crippen molar-refractivity contribution in [2.24, 2.45) is 0 Å². The highest BCUT2D eigenvalue weighted by Gasteiger charge is 2.26. The Morgan fingerprint density at radius 1 is 0.900 bits per heavy atom. The molecule has 0 heterocycles. The molecule has 4 nitrogen and oxygen atoms in total. The van der Waals surface area contributed by atoms with Crippen molar-refractivity contribution >= 4 is 11.9 Å². The Labute approximate surface area is 119 Å². The highest BCUT2D eigenvalue weighted by atomic mass is 16.4. The van der Waals surface area contributed by atoms with Crippen molar-refractivity contribution in [3.8, 4) is 0 Å². The molecule has 2 unspecified atom stereocenters. The second-order valence-electron chi connectivity index (χ2n) is 5.22. The summed E-state index contributed by atoms with van der Waals surface area (Å²) >= 11 is 0. The quantitative estimate of drug-likeness (QED) is 0.821. The Hall–Kier alpha value is -1.84. The van der Waals surface area contributed by atoms with E-state index < -0.39 is 11.9 Å². The van der Waals surface area contributed by atoms with Crippen LogP contribution in [0.4, 0.5) is 0 Å². The monoisotopic (exact) mass is 278 g/mol. The van der Waals surface area contributed by atoms with Gasteiger partial charge in [-0.05, 0) is 47.9 Å². The molecule has 1 aromatic carbocycles. The maximum Gasteiger partial charge on any atom is 0.335 e. The molecule has 0 saturated heterocycles. The van der Waals surface area contributed by atoms with Gasteiger partial charge in [-0.1, -0.05) is 27.7 Å². The van der Waals surface area contributed by atoms with Crippen molar-refractivity contribution in [2.45, 2.75) is 52.4 Å². The SMILES string of the molecule is CCC(C)c1c(C(=O)O)ccc(C(=O)O)c1C(C)CC. The molecule has 110 valence electrons. The number of carbonyl (C=O) groups is 2. The lowest BCUT2D eigenvalue weighted by atomic mass is 9.80. The van der Waals surface area contributed by atoms with Gasteiger partial charge in [-0.15, -0.1) is 0 Å². The van der Waals surface area contributed by atoms with Gasteiger partial charge in [0.1, 0.15) is 0 Å². The van der Waals surface area contributed by atoms with Gasteiger partial charge in [0.25, 0.3) is 0 Å². The summed E-state index contributed by atoms with van der Waals surface area (Å²) < 4.78 is 0. The summed E-state index contributed by atoms with van der Waals surface area (Å²) in [5.41, 5.74) is 1.79. The van der Waals surface area contributed by atoms with Gasteiger partial charge in [0, 0.05) is 0 Å². The summed E-state index contributed by atoms with van der Waals surface area (Å²) in [7, 11) is 0. The Bertz CT molecular complexity index is 472. The van der Waals surface area contributed by atoms with Crippen LogP contribution in [0.1, 0.15) is 84.2 Å². The van der Waals surface area contributed by atoms with Crippen molar-refractivity contribution in [2.75, 3.05) is 0 Å². The first kappa shape index (κ1) is 16.2. The summed E-state index contributed by atoms with van der Waals surface area (Å²) in [6.45, 7) is 7.84. The van der Waals surface area contributed by atoms with Crippen LogP contribution in [-0.2, 0) is 0 Å². The van der Waals surface area contributed by atoms with Crippen LogP contribution in [0.15, 0.2) is 12.1 Å². The van der Waals surface area contributed by atoms with Gasteiger partial charge in [-0.25, -0.2) is 9.59 Å². The molecule has 0 spiro atoms. The largest absolute Gasteiger partial charge is 0.478 e. The van der Waals surface area contributed by atoms with Crippen LogP contribution >= 0.6 is 0 Å². The Balaban J connectivity index is 3.72. The summed E-state index contributed by atoms with van der Waals surface area (Å²) in [4.78, 5) is 22.9. The third-order valence-electron chi connectivity index (χ3n) is 3.96. The third-order valence-corrected chi connectivity index (χ3v) is 3.96. The van der Waals surface area contributed by atoms with Crippen molar-refractivity contribution < 1.29 is 19.8 Å². The van der Waals surface area contributed by atoms with Crippen molar-refractivity contribution in [1.82, 2.24) is 0 Å². The molecule has 0 aromatic heterocycles. The van der Waals surface area contributed by atoms with E-state index in [2.05, 4.69) is 0 Å². The summed E-state index contributed by atoms with van der Waals surface area (Å²) in [6, 6.07) is 2.83. The summed E-state index contributed by atoms with van der Waals surface area (Å²) in [5.74, 6) is -1.96. The van der Waals surface area contributed by atoms with Crippen LogP contribution in [0.2, 0.25) is 0 Å². The minimum Gasteiger partial charge on any atom is -0.478 e. The second-order valence-corrected chi connectivity index (χ2v) is 5.22. The van der Waals surface area contributed by atoms with E-state index in [1.165, 1.54) is 12.1 Å². The van der Waals surface area contributed by atoms with E-state index in [0.717, 1.165) is 12.8 Å². The lowest BCUT2D eigenvalue weighted by molar-refractivity contribution is 0.0678. The minimum absolute atomic E-state index is 0.0180. The van der Waals surface area contributed by atoms with Crippen LogP contribution < -0.4 is 0 Å². The second kappa shape index (κ2) is 6.55. The van der Waals surface area contributed by atoms with Crippen LogP contribution in [0, 0.1) is 0 Å². The third kappa shape index (κ3) is 3.00. The van der Waals surface area contributed by atoms with Gasteiger partial charge >= 0.3 is 11.9 Å². The first-order chi connectivity index (χ1) is 9.34. The van der Waals surface area contributed by atoms with Crippen LogP contribution in [0.25, 0.3) is 0 Å². The van der Waals surface area contributed by atoms with E-state index in [1.807, 2.05) is 27.7 Å². The fourth-order valence-corrected chi connectivity index (χ4v) is 2.48. The molecule has 20 heavy (non-hydrogen) atoms. The summed E-state index contributed by atoms with van der Waals surface area (Å²) in [5, 5.41) is 18.7. The highest BCUT2D eigenvalue weighted by Crippen LogP contribution is 2.35. The number of hydrogen-bond donors (Lipinski definition) is 2. The van der Waals surface area contributed by atoms with Crippen LogP contribution in [0.3, 0.4) is 0 Å². The molecular formula is C16H22O4. The number of hydrogen-bond acceptors (Lipinski definition) is 2. The molecule has 0 saturated carbocycles. The lowest BCUT2D eigenvalue weighted by Crippen LogP contribution is -2.15. The molecule has 2 N–H and O–H groups in total. The van der Waals surface area contributed by atoms with Crippen molar-refractivity contribution in [3.05, 3.63) is 34.4 Å². The molecule has 0 aliphatic carbocycles. The Morgan fingerprint density at radius 3 is 1.40 bits per heavy atom. The molecule has 0 bridgehead atoms. The van der Waals surface area contributed by atoms with Crippen LogP contribution in [-0.4, -0.2) is 22.2 Å². The zero-order valence-corrected chi connectivity index (χ0v) is 12.4. The van der Waals surface area contributed by atoms with Gasteiger partial charge in [0.05, 0.1) is 11.1 Å². The molecule has 0 radical (unpaired) electrons. The minimum atomic E-state index is -0.998. The van der Waals surface area contributed by atoms with E-state index in [9.17, 15) is 19.8 Å². The lowest BCUT2D eigenvalue weighted by Gasteiger charge is -2.23. The van der Waals surface area contributed by atoms with Crippen molar-refractivity contribution in [1.29, 1.82) is 0 Å². The van der Waals surface area contributed by atoms with Crippen molar-refractivity contribution in [3.63, 3.8) is 0 Å². The first-order valence-corrected chi connectivity index (χ1v) is 6.98. The smallest absolute Gasteiger partial charge is 0.335 e. The highest BCUT2D eigenvalue weighted by molar-refractivity contribution is 5.95. The standard InChI is InChI=1S/C16H22O4/c1-5-9(3)13-11(15(17)18)7-8-12(16(19)20)14(13)10(4)6-2/h7-10H,5-6H2,1-4H3,(H,17,18)(H,19,20). The van der Waals surface area contributed by atoms with Gasteiger partial charge < -0.3 is 10.2 Å². The molecule has 1 aromatic rings. The fourth-order valence-electron chi connectivity index (χ4n) is 2.48. The summed E-state index contributed by atoms with van der Waals surface area (Å²) in [6.07, 6.45) is 1.54. The van der Waals surface area contributed by atoms with Crippen LogP contribution in [0.5, 0.6) is 0 Å². The maximum absolute atomic E-state index is 11.4. The molecule has 0 aliphatic heterocycles. The van der Waals surface area contributed by atoms with Gasteiger partial charge in [-0.2, -0.15) is 0 Å². The predicted molar refractivity (Wildman–Crippen MR) is 77.8 cm³/mol. The fraction of sp³-hybridized carbons (Fsp3) is 0.500.